The number of aromatic nitrogens is 1. The Bertz CT molecular complexity index is 769. The summed E-state index contributed by atoms with van der Waals surface area (Å²) in [5.74, 6) is 1.44. The van der Waals surface area contributed by atoms with Gasteiger partial charge < -0.3 is 20.4 Å². The third-order valence-electron chi connectivity index (χ3n) is 5.04. The molecule has 1 aliphatic rings. The van der Waals surface area contributed by atoms with Crippen LogP contribution in [0.1, 0.15) is 18.1 Å². The summed E-state index contributed by atoms with van der Waals surface area (Å²) in [4.78, 5) is 13.6. The van der Waals surface area contributed by atoms with Crippen LogP contribution in [-0.4, -0.2) is 55.6 Å². The van der Waals surface area contributed by atoms with Crippen LogP contribution in [-0.2, 0) is 13.1 Å². The first-order chi connectivity index (χ1) is 13.7. The van der Waals surface area contributed by atoms with Crippen molar-refractivity contribution in [3.05, 3.63) is 59.5 Å². The standard InChI is InChI=1S/C21H29FN6/c1-3-27-10-12-28(13-11-27)20-9-8-17(14-24-20)15-25-21(23-2)26-16-18-6-4-5-7-19(18)22/h4-9,14H,3,10-13,15-16H2,1-2H3,(H2,23,25,26). The Labute approximate surface area is 166 Å². The van der Waals surface area contributed by atoms with Crippen molar-refractivity contribution >= 4 is 11.8 Å². The molecule has 3 rings (SSSR count). The number of rotatable bonds is 6. The van der Waals surface area contributed by atoms with Crippen molar-refractivity contribution in [1.29, 1.82) is 0 Å². The zero-order chi connectivity index (χ0) is 19.8. The maximum absolute atomic E-state index is 13.7. The highest BCUT2D eigenvalue weighted by atomic mass is 19.1. The first kappa shape index (κ1) is 20.1. The van der Waals surface area contributed by atoms with Crippen LogP contribution in [0.25, 0.3) is 0 Å². The van der Waals surface area contributed by atoms with Crippen molar-refractivity contribution in [2.45, 2.75) is 20.0 Å². The molecule has 2 N–H and O–H groups in total. The molecule has 2 aromatic rings. The van der Waals surface area contributed by atoms with E-state index in [4.69, 9.17) is 0 Å². The summed E-state index contributed by atoms with van der Waals surface area (Å²) in [5, 5.41) is 6.38. The fourth-order valence-electron chi connectivity index (χ4n) is 3.23. The molecule has 1 saturated heterocycles. The predicted molar refractivity (Wildman–Crippen MR) is 112 cm³/mol. The molecule has 0 radical (unpaired) electrons. The van der Waals surface area contributed by atoms with E-state index in [9.17, 15) is 4.39 Å². The lowest BCUT2D eigenvalue weighted by atomic mass is 10.2. The molecule has 6 nitrogen and oxygen atoms in total. The number of hydrogen-bond acceptors (Lipinski definition) is 4. The van der Waals surface area contributed by atoms with E-state index >= 15 is 0 Å². The van der Waals surface area contributed by atoms with Crippen LogP contribution < -0.4 is 15.5 Å². The number of piperazine rings is 1. The second-order valence-corrected chi connectivity index (χ2v) is 6.82. The number of pyridine rings is 1. The summed E-state index contributed by atoms with van der Waals surface area (Å²) in [6.45, 7) is 8.51. The lowest BCUT2D eigenvalue weighted by Crippen LogP contribution is -2.46. The van der Waals surface area contributed by atoms with Gasteiger partial charge in [-0.1, -0.05) is 31.2 Å². The zero-order valence-electron chi connectivity index (χ0n) is 16.7. The number of hydrogen-bond donors (Lipinski definition) is 2. The van der Waals surface area contributed by atoms with Gasteiger partial charge in [0.05, 0.1) is 0 Å². The number of benzene rings is 1. The lowest BCUT2D eigenvalue weighted by molar-refractivity contribution is 0.270. The Hall–Kier alpha value is -2.67. The second-order valence-electron chi connectivity index (χ2n) is 6.82. The van der Waals surface area contributed by atoms with Gasteiger partial charge in [-0.25, -0.2) is 9.37 Å². The van der Waals surface area contributed by atoms with Crippen molar-refractivity contribution in [2.24, 2.45) is 4.99 Å². The Morgan fingerprint density at radius 1 is 1.07 bits per heavy atom. The van der Waals surface area contributed by atoms with Gasteiger partial charge in [0.2, 0.25) is 0 Å². The number of likely N-dealkylation sites (N-methyl/N-ethyl adjacent to an activating group) is 1. The molecule has 0 unspecified atom stereocenters. The molecule has 1 aromatic heterocycles. The molecule has 0 bridgehead atoms. The average molecular weight is 385 g/mol. The molecule has 1 aromatic carbocycles. The van der Waals surface area contributed by atoms with E-state index < -0.39 is 0 Å². The van der Waals surface area contributed by atoms with Gasteiger partial charge in [-0.15, -0.1) is 0 Å². The first-order valence-corrected chi connectivity index (χ1v) is 9.79. The van der Waals surface area contributed by atoms with Gasteiger partial charge in [0.25, 0.3) is 0 Å². The van der Waals surface area contributed by atoms with Crippen molar-refractivity contribution < 1.29 is 4.39 Å². The van der Waals surface area contributed by atoms with Crippen molar-refractivity contribution in [1.82, 2.24) is 20.5 Å². The molecule has 0 aliphatic carbocycles. The van der Waals surface area contributed by atoms with Gasteiger partial charge in [0.15, 0.2) is 5.96 Å². The molecule has 2 heterocycles. The minimum absolute atomic E-state index is 0.218. The maximum Gasteiger partial charge on any atom is 0.191 e. The first-order valence-electron chi connectivity index (χ1n) is 9.79. The SMILES string of the molecule is CCN1CCN(c2ccc(CNC(=NC)NCc3ccccc3F)cn2)CC1. The number of nitrogens with zero attached hydrogens (tertiary/aromatic N) is 4. The molecule has 7 heteroatoms. The molecular formula is C21H29FN6. The van der Waals surface area contributed by atoms with Crippen LogP contribution in [0.15, 0.2) is 47.6 Å². The predicted octanol–water partition coefficient (Wildman–Crippen LogP) is 2.23. The molecule has 150 valence electrons. The van der Waals surface area contributed by atoms with E-state index in [1.54, 1.807) is 19.2 Å². The van der Waals surface area contributed by atoms with Crippen molar-refractivity contribution in [3.63, 3.8) is 0 Å². The number of nitrogens with one attached hydrogen (secondary N) is 2. The largest absolute Gasteiger partial charge is 0.354 e. The summed E-state index contributed by atoms with van der Waals surface area (Å²) in [7, 11) is 1.70. The Kier molecular flexibility index (Phi) is 7.19. The number of anilines is 1. The second kappa shape index (κ2) is 10.0. The third-order valence-corrected chi connectivity index (χ3v) is 5.04. The molecular weight excluding hydrogens is 355 g/mol. The van der Waals surface area contributed by atoms with Gasteiger partial charge in [-0.3, -0.25) is 4.99 Å². The average Bonchev–Trinajstić information content (AvgIpc) is 2.75. The highest BCUT2D eigenvalue weighted by Crippen LogP contribution is 2.14. The minimum atomic E-state index is -0.218. The Morgan fingerprint density at radius 3 is 2.46 bits per heavy atom. The summed E-state index contributed by atoms with van der Waals surface area (Å²) in [6.07, 6.45) is 1.90. The molecule has 0 spiro atoms. The van der Waals surface area contributed by atoms with Crippen LogP contribution >= 0.6 is 0 Å². The normalized spacial score (nSPS) is 15.5. The highest BCUT2D eigenvalue weighted by Gasteiger charge is 2.16. The smallest absolute Gasteiger partial charge is 0.191 e. The van der Waals surface area contributed by atoms with Crippen LogP contribution in [0.2, 0.25) is 0 Å². The minimum Gasteiger partial charge on any atom is -0.354 e. The van der Waals surface area contributed by atoms with E-state index in [2.05, 4.69) is 49.5 Å². The van der Waals surface area contributed by atoms with Crippen LogP contribution in [0.5, 0.6) is 0 Å². The maximum atomic E-state index is 13.7. The van der Waals surface area contributed by atoms with Gasteiger partial charge in [-0.2, -0.15) is 0 Å². The van der Waals surface area contributed by atoms with Gasteiger partial charge in [0, 0.05) is 58.1 Å². The zero-order valence-corrected chi connectivity index (χ0v) is 16.7. The van der Waals surface area contributed by atoms with E-state index in [1.807, 2.05) is 12.3 Å². The van der Waals surface area contributed by atoms with E-state index in [0.717, 1.165) is 44.1 Å². The lowest BCUT2D eigenvalue weighted by Gasteiger charge is -2.34. The van der Waals surface area contributed by atoms with E-state index in [1.165, 1.54) is 6.07 Å². The highest BCUT2D eigenvalue weighted by molar-refractivity contribution is 5.79. The quantitative estimate of drug-likeness (QED) is 0.591. The number of guanidine groups is 1. The van der Waals surface area contributed by atoms with Crippen molar-refractivity contribution in [2.75, 3.05) is 44.7 Å². The monoisotopic (exact) mass is 384 g/mol. The van der Waals surface area contributed by atoms with E-state index in [-0.39, 0.29) is 5.82 Å². The third kappa shape index (κ3) is 5.42. The number of aliphatic imine (C=N–C) groups is 1. The van der Waals surface area contributed by atoms with Crippen molar-refractivity contribution in [3.8, 4) is 0 Å². The van der Waals surface area contributed by atoms with E-state index in [0.29, 0.717) is 24.6 Å². The summed E-state index contributed by atoms with van der Waals surface area (Å²) in [5.41, 5.74) is 1.68. The van der Waals surface area contributed by atoms with Gasteiger partial charge in [0.1, 0.15) is 11.6 Å². The Balaban J connectivity index is 1.48. The summed E-state index contributed by atoms with van der Waals surface area (Å²) < 4.78 is 13.7. The molecule has 1 fully saturated rings. The van der Waals surface area contributed by atoms with Gasteiger partial charge >= 0.3 is 0 Å². The van der Waals surface area contributed by atoms with Crippen LogP contribution in [0, 0.1) is 5.82 Å². The van der Waals surface area contributed by atoms with Crippen LogP contribution in [0.3, 0.4) is 0 Å². The molecule has 0 atom stereocenters. The molecule has 0 amide bonds. The van der Waals surface area contributed by atoms with Gasteiger partial charge in [-0.05, 0) is 24.2 Å². The number of halogens is 1. The topological polar surface area (TPSA) is 55.8 Å². The molecule has 28 heavy (non-hydrogen) atoms. The van der Waals surface area contributed by atoms with Crippen LogP contribution in [0.4, 0.5) is 10.2 Å². The fourth-order valence-corrected chi connectivity index (χ4v) is 3.23. The molecule has 1 aliphatic heterocycles. The summed E-state index contributed by atoms with van der Waals surface area (Å²) >= 11 is 0. The Morgan fingerprint density at radius 2 is 1.82 bits per heavy atom. The fraction of sp³-hybridized carbons (Fsp3) is 0.429. The molecule has 0 saturated carbocycles. The summed E-state index contributed by atoms with van der Waals surface area (Å²) in [6, 6.07) is 10.9.